The van der Waals surface area contributed by atoms with Crippen LogP contribution >= 0.6 is 34.8 Å². The third-order valence-corrected chi connectivity index (χ3v) is 5.35. The maximum atomic E-state index is 14.5. The van der Waals surface area contributed by atoms with Gasteiger partial charge in [0.2, 0.25) is 0 Å². The molecule has 1 aliphatic carbocycles. The minimum Gasteiger partial charge on any atom is -0.462 e. The molecule has 27 heavy (non-hydrogen) atoms. The van der Waals surface area contributed by atoms with E-state index in [2.05, 4.69) is 0 Å². The van der Waals surface area contributed by atoms with E-state index in [1.54, 1.807) is 0 Å². The van der Waals surface area contributed by atoms with Crippen molar-refractivity contribution in [2.75, 3.05) is 6.61 Å². The van der Waals surface area contributed by atoms with Gasteiger partial charge < -0.3 is 9.30 Å². The number of carbonyl (C=O) groups excluding carboxylic acids is 1. The van der Waals surface area contributed by atoms with Crippen LogP contribution in [0.5, 0.6) is 0 Å². The van der Waals surface area contributed by atoms with Gasteiger partial charge in [0.1, 0.15) is 16.7 Å². The Morgan fingerprint density at radius 2 is 1.89 bits per heavy atom. The number of halogens is 7. The summed E-state index contributed by atoms with van der Waals surface area (Å²) < 4.78 is 59.8. The molecule has 0 aliphatic heterocycles. The highest BCUT2D eigenvalue weighted by Crippen LogP contribution is 2.46. The zero-order valence-electron chi connectivity index (χ0n) is 13.8. The molecule has 1 heterocycles. The van der Waals surface area contributed by atoms with Gasteiger partial charge in [-0.2, -0.15) is 13.2 Å². The Hall–Kier alpha value is -1.44. The number of ether oxygens (including phenoxy) is 1. The van der Waals surface area contributed by atoms with Crippen molar-refractivity contribution in [3.05, 3.63) is 44.4 Å². The van der Waals surface area contributed by atoms with Crippen molar-refractivity contribution in [1.82, 2.24) is 4.57 Å². The monoisotopic (exact) mass is 443 g/mol. The molecule has 3 nitrogen and oxygen atoms in total. The first-order chi connectivity index (χ1) is 12.5. The third kappa shape index (κ3) is 3.91. The van der Waals surface area contributed by atoms with E-state index in [1.807, 2.05) is 0 Å². The number of esters is 1. The minimum absolute atomic E-state index is 0.182. The summed E-state index contributed by atoms with van der Waals surface area (Å²) >= 11 is 17.8. The highest BCUT2D eigenvalue weighted by molar-refractivity contribution is 6.40. The van der Waals surface area contributed by atoms with Gasteiger partial charge in [-0.05, 0) is 30.9 Å². The number of carbonyl (C=O) groups is 1. The molecule has 3 rings (SSSR count). The fourth-order valence-electron chi connectivity index (χ4n) is 2.62. The van der Waals surface area contributed by atoms with Crippen molar-refractivity contribution in [3.63, 3.8) is 0 Å². The summed E-state index contributed by atoms with van der Waals surface area (Å²) in [5.74, 6) is -1.48. The second kappa shape index (κ2) is 7.18. The van der Waals surface area contributed by atoms with Crippen molar-refractivity contribution in [3.8, 4) is 11.1 Å². The van der Waals surface area contributed by atoms with E-state index in [0.29, 0.717) is 10.5 Å². The van der Waals surface area contributed by atoms with Gasteiger partial charge in [0.25, 0.3) is 0 Å². The fraction of sp³-hybridized carbons (Fsp3) is 0.353. The van der Waals surface area contributed by atoms with Crippen LogP contribution in [0, 0.1) is 11.7 Å². The van der Waals surface area contributed by atoms with E-state index in [4.69, 9.17) is 39.5 Å². The van der Waals surface area contributed by atoms with Crippen LogP contribution in [0.2, 0.25) is 15.2 Å². The summed E-state index contributed by atoms with van der Waals surface area (Å²) in [5.41, 5.74) is -2.16. The van der Waals surface area contributed by atoms with E-state index in [-0.39, 0.29) is 28.3 Å². The molecular weight excluding hydrogens is 433 g/mol. The number of rotatable bonds is 4. The molecule has 1 aromatic heterocycles. The molecule has 0 atom stereocenters. The van der Waals surface area contributed by atoms with E-state index < -0.39 is 33.8 Å². The van der Waals surface area contributed by atoms with Crippen LogP contribution in [0.15, 0.2) is 12.1 Å². The fourth-order valence-corrected chi connectivity index (χ4v) is 3.60. The molecule has 0 bridgehead atoms. The molecule has 146 valence electrons. The average molecular weight is 445 g/mol. The van der Waals surface area contributed by atoms with Crippen LogP contribution in [0.3, 0.4) is 0 Å². The highest BCUT2D eigenvalue weighted by atomic mass is 35.5. The van der Waals surface area contributed by atoms with Crippen molar-refractivity contribution >= 4 is 40.8 Å². The molecule has 0 unspecified atom stereocenters. The van der Waals surface area contributed by atoms with E-state index >= 15 is 0 Å². The number of aromatic nitrogens is 1. The van der Waals surface area contributed by atoms with Crippen molar-refractivity contribution in [2.24, 2.45) is 13.0 Å². The molecule has 0 amide bonds. The molecule has 1 aliphatic rings. The first kappa shape index (κ1) is 20.3. The summed E-state index contributed by atoms with van der Waals surface area (Å²) in [6.45, 7) is 0.201. The van der Waals surface area contributed by atoms with Gasteiger partial charge in [-0.15, -0.1) is 0 Å². The van der Waals surface area contributed by atoms with Gasteiger partial charge >= 0.3 is 12.1 Å². The highest BCUT2D eigenvalue weighted by Gasteiger charge is 2.40. The predicted octanol–water partition coefficient (Wildman–Crippen LogP) is 6.38. The van der Waals surface area contributed by atoms with Gasteiger partial charge in [0, 0.05) is 18.2 Å². The third-order valence-electron chi connectivity index (χ3n) is 4.23. The lowest BCUT2D eigenvalue weighted by Crippen LogP contribution is -2.11. The summed E-state index contributed by atoms with van der Waals surface area (Å²) in [6, 6.07) is 1.82. The summed E-state index contributed by atoms with van der Waals surface area (Å²) in [5, 5.41) is -1.42. The van der Waals surface area contributed by atoms with Crippen LogP contribution in [-0.2, 0) is 18.0 Å². The maximum Gasteiger partial charge on any atom is 0.432 e. The first-order valence-electron chi connectivity index (χ1n) is 7.79. The second-order valence-corrected chi connectivity index (χ2v) is 7.38. The van der Waals surface area contributed by atoms with Crippen LogP contribution < -0.4 is 0 Å². The predicted molar refractivity (Wildman–Crippen MR) is 93.8 cm³/mol. The molecule has 2 aromatic rings. The Morgan fingerprint density at radius 3 is 2.41 bits per heavy atom. The molecule has 1 fully saturated rings. The normalized spacial score (nSPS) is 14.5. The average Bonchev–Trinajstić information content (AvgIpc) is 3.34. The zero-order valence-corrected chi connectivity index (χ0v) is 16.0. The Balaban J connectivity index is 2.09. The molecule has 0 radical (unpaired) electrons. The Bertz CT molecular complexity index is 920. The molecule has 0 saturated heterocycles. The number of alkyl halides is 3. The number of benzene rings is 1. The van der Waals surface area contributed by atoms with E-state index in [9.17, 15) is 22.4 Å². The van der Waals surface area contributed by atoms with Crippen LogP contribution in [0.1, 0.15) is 28.9 Å². The topological polar surface area (TPSA) is 31.2 Å². The number of hydrogen-bond donors (Lipinski definition) is 0. The van der Waals surface area contributed by atoms with Crippen molar-refractivity contribution < 1.29 is 27.1 Å². The van der Waals surface area contributed by atoms with E-state index in [0.717, 1.165) is 32.0 Å². The Labute approximate surface area is 166 Å². The van der Waals surface area contributed by atoms with Gasteiger partial charge in [0.15, 0.2) is 0 Å². The molecule has 10 heteroatoms. The summed E-state index contributed by atoms with van der Waals surface area (Å²) in [7, 11) is 1.05. The van der Waals surface area contributed by atoms with Gasteiger partial charge in [-0.1, -0.05) is 34.8 Å². The van der Waals surface area contributed by atoms with Gasteiger partial charge in [0.05, 0.1) is 22.2 Å². The van der Waals surface area contributed by atoms with Gasteiger partial charge in [-0.3, -0.25) is 0 Å². The first-order valence-corrected chi connectivity index (χ1v) is 8.93. The van der Waals surface area contributed by atoms with Crippen LogP contribution in [0.25, 0.3) is 11.1 Å². The number of nitrogens with zero attached hydrogens (tertiary/aromatic N) is 1. The summed E-state index contributed by atoms with van der Waals surface area (Å²) in [6.07, 6.45) is -2.90. The second-order valence-electron chi connectivity index (χ2n) is 6.24. The molecule has 1 aromatic carbocycles. The lowest BCUT2D eigenvalue weighted by Gasteiger charge is -2.10. The van der Waals surface area contributed by atoms with Crippen molar-refractivity contribution in [2.45, 2.75) is 19.0 Å². The number of hydrogen-bond acceptors (Lipinski definition) is 2. The van der Waals surface area contributed by atoms with E-state index in [1.165, 1.54) is 0 Å². The molecular formula is C17H12Cl3F4NO2. The lowest BCUT2D eigenvalue weighted by atomic mass is 10.0. The quantitative estimate of drug-likeness (QED) is 0.405. The minimum atomic E-state index is -4.80. The Kier molecular flexibility index (Phi) is 5.40. The molecule has 0 spiro atoms. The largest absolute Gasteiger partial charge is 0.462 e. The zero-order chi connectivity index (χ0) is 20.1. The van der Waals surface area contributed by atoms with Crippen molar-refractivity contribution in [1.29, 1.82) is 0 Å². The van der Waals surface area contributed by atoms with Crippen LogP contribution in [0.4, 0.5) is 17.6 Å². The SMILES string of the molecule is Cn1c(Cl)c(-c2cc(C(=O)OCC3CC3)c(Cl)cc2F)c(Cl)c1C(F)(F)F. The standard InChI is InChI=1S/C17H12Cl3F4NO2/c1-25-14(17(22,23)24)13(19)12(15(25)20)9-4-8(10(18)5-11(9)21)16(26)27-6-7-2-3-7/h4-5,7H,2-3,6H2,1H3. The van der Waals surface area contributed by atoms with Crippen LogP contribution in [-0.4, -0.2) is 17.1 Å². The lowest BCUT2D eigenvalue weighted by molar-refractivity contribution is -0.142. The summed E-state index contributed by atoms with van der Waals surface area (Å²) in [4.78, 5) is 12.2. The van der Waals surface area contributed by atoms with Gasteiger partial charge in [-0.25, -0.2) is 9.18 Å². The maximum absolute atomic E-state index is 14.5. The molecule has 1 saturated carbocycles. The Morgan fingerprint density at radius 1 is 1.26 bits per heavy atom. The molecule has 0 N–H and O–H groups in total. The smallest absolute Gasteiger partial charge is 0.432 e.